The predicted molar refractivity (Wildman–Crippen MR) is 74.5 cm³/mol. The van der Waals surface area contributed by atoms with E-state index in [1.165, 1.54) is 5.56 Å². The van der Waals surface area contributed by atoms with Gasteiger partial charge in [-0.05, 0) is 13.0 Å². The van der Waals surface area contributed by atoms with Gasteiger partial charge in [0.25, 0.3) is 0 Å². The number of nitrogens with zero attached hydrogens (tertiary/aromatic N) is 2. The van der Waals surface area contributed by atoms with Crippen molar-refractivity contribution in [3.63, 3.8) is 0 Å². The maximum Gasteiger partial charge on any atom is 0.124 e. The third kappa shape index (κ3) is 2.22. The lowest BCUT2D eigenvalue weighted by molar-refractivity contribution is 0.309. The smallest absolute Gasteiger partial charge is 0.124 e. The number of aromatic nitrogens is 2. The molecule has 4 nitrogen and oxygen atoms in total. The average molecular weight is 278 g/mol. The molecule has 3 rings (SSSR count). The number of ether oxygens (including phenoxy) is 1. The molecule has 2 heterocycles. The van der Waals surface area contributed by atoms with Crippen molar-refractivity contribution in [2.24, 2.45) is 7.05 Å². The van der Waals surface area contributed by atoms with E-state index in [1.54, 1.807) is 0 Å². The summed E-state index contributed by atoms with van der Waals surface area (Å²) in [6, 6.07) is 8.32. The maximum atomic E-state index is 6.25. The van der Waals surface area contributed by atoms with Gasteiger partial charge >= 0.3 is 0 Å². The molecular formula is C14H16ClN3O. The molecule has 2 aromatic rings. The van der Waals surface area contributed by atoms with Crippen LogP contribution in [0.15, 0.2) is 24.3 Å². The molecule has 19 heavy (non-hydrogen) atoms. The number of fused-ring (bicyclic) bond motifs is 1. The molecule has 1 aromatic heterocycles. The van der Waals surface area contributed by atoms with Gasteiger partial charge in [-0.1, -0.05) is 29.8 Å². The lowest BCUT2D eigenvalue weighted by atomic mass is 10.1. The standard InChI is InChI=1S/C14H16ClN3O/c1-9-14(15)12(18(2)17-9)7-16-11-8-19-13-6-4-3-5-10(11)13/h3-6,11,16H,7-8H2,1-2H3. The van der Waals surface area contributed by atoms with E-state index in [-0.39, 0.29) is 6.04 Å². The molecule has 0 amide bonds. The number of benzene rings is 1. The van der Waals surface area contributed by atoms with Crippen LogP contribution < -0.4 is 10.1 Å². The number of hydrogen-bond donors (Lipinski definition) is 1. The van der Waals surface area contributed by atoms with Gasteiger partial charge in [0.15, 0.2) is 0 Å². The fourth-order valence-corrected chi connectivity index (χ4v) is 2.65. The minimum atomic E-state index is 0.211. The van der Waals surface area contributed by atoms with Gasteiger partial charge in [-0.15, -0.1) is 0 Å². The molecule has 0 spiro atoms. The normalized spacial score (nSPS) is 17.3. The zero-order valence-corrected chi connectivity index (χ0v) is 11.7. The monoisotopic (exact) mass is 277 g/mol. The van der Waals surface area contributed by atoms with E-state index in [1.807, 2.05) is 36.9 Å². The molecule has 0 saturated carbocycles. The molecular weight excluding hydrogens is 262 g/mol. The summed E-state index contributed by atoms with van der Waals surface area (Å²) in [6.07, 6.45) is 0. The summed E-state index contributed by atoms with van der Waals surface area (Å²) in [4.78, 5) is 0. The van der Waals surface area contributed by atoms with Gasteiger partial charge in [0.1, 0.15) is 12.4 Å². The van der Waals surface area contributed by atoms with Crippen molar-refractivity contribution < 1.29 is 4.74 Å². The van der Waals surface area contributed by atoms with Crippen LogP contribution in [0, 0.1) is 6.92 Å². The first kappa shape index (κ1) is 12.5. The third-order valence-electron chi connectivity index (χ3n) is 3.48. The second-order valence-electron chi connectivity index (χ2n) is 4.75. The molecule has 1 unspecified atom stereocenters. The quantitative estimate of drug-likeness (QED) is 0.937. The van der Waals surface area contributed by atoms with Gasteiger partial charge in [-0.2, -0.15) is 5.10 Å². The molecule has 100 valence electrons. The van der Waals surface area contributed by atoms with Crippen LogP contribution in [0.1, 0.15) is 23.0 Å². The topological polar surface area (TPSA) is 39.1 Å². The van der Waals surface area contributed by atoms with E-state index >= 15 is 0 Å². The Balaban J connectivity index is 1.74. The highest BCUT2D eigenvalue weighted by molar-refractivity contribution is 6.31. The molecule has 1 aliphatic heterocycles. The second kappa shape index (κ2) is 4.87. The first-order chi connectivity index (χ1) is 9.16. The van der Waals surface area contributed by atoms with Crippen LogP contribution in [0.5, 0.6) is 5.75 Å². The summed E-state index contributed by atoms with van der Waals surface area (Å²) in [5, 5.41) is 8.53. The van der Waals surface area contributed by atoms with Crippen LogP contribution in [0.4, 0.5) is 0 Å². The average Bonchev–Trinajstić information content (AvgIpc) is 2.91. The van der Waals surface area contributed by atoms with Crippen molar-refractivity contribution in [1.82, 2.24) is 15.1 Å². The number of nitrogens with one attached hydrogen (secondary N) is 1. The summed E-state index contributed by atoms with van der Waals surface area (Å²) in [5.74, 6) is 0.965. The largest absolute Gasteiger partial charge is 0.491 e. The Morgan fingerprint density at radius 1 is 1.47 bits per heavy atom. The van der Waals surface area contributed by atoms with E-state index in [0.717, 1.165) is 22.2 Å². The molecule has 5 heteroatoms. The summed E-state index contributed by atoms with van der Waals surface area (Å²) in [5.41, 5.74) is 3.07. The van der Waals surface area contributed by atoms with Crippen molar-refractivity contribution >= 4 is 11.6 Å². The summed E-state index contributed by atoms with van der Waals surface area (Å²) in [7, 11) is 1.91. The minimum Gasteiger partial charge on any atom is -0.491 e. The minimum absolute atomic E-state index is 0.211. The van der Waals surface area contributed by atoms with E-state index < -0.39 is 0 Å². The highest BCUT2D eigenvalue weighted by Gasteiger charge is 2.23. The zero-order chi connectivity index (χ0) is 13.4. The van der Waals surface area contributed by atoms with E-state index in [9.17, 15) is 0 Å². The fraction of sp³-hybridized carbons (Fsp3) is 0.357. The van der Waals surface area contributed by atoms with E-state index in [4.69, 9.17) is 16.3 Å². The number of hydrogen-bond acceptors (Lipinski definition) is 3. The van der Waals surface area contributed by atoms with Crippen LogP contribution in [-0.4, -0.2) is 16.4 Å². The third-order valence-corrected chi connectivity index (χ3v) is 3.97. The van der Waals surface area contributed by atoms with Crippen molar-refractivity contribution in [2.45, 2.75) is 19.5 Å². The van der Waals surface area contributed by atoms with Crippen LogP contribution in [-0.2, 0) is 13.6 Å². The first-order valence-corrected chi connectivity index (χ1v) is 6.67. The highest BCUT2D eigenvalue weighted by atomic mass is 35.5. The lowest BCUT2D eigenvalue weighted by Gasteiger charge is -2.12. The molecule has 1 aromatic carbocycles. The maximum absolute atomic E-state index is 6.25. The molecule has 0 aliphatic carbocycles. The number of aryl methyl sites for hydroxylation is 2. The number of halogens is 1. The van der Waals surface area contributed by atoms with Crippen LogP contribution in [0.25, 0.3) is 0 Å². The summed E-state index contributed by atoms with van der Waals surface area (Å²) < 4.78 is 7.47. The van der Waals surface area contributed by atoms with Crippen molar-refractivity contribution in [2.75, 3.05) is 6.61 Å². The van der Waals surface area contributed by atoms with Gasteiger partial charge in [0.05, 0.1) is 22.5 Å². The van der Waals surface area contributed by atoms with Gasteiger partial charge in [-0.25, -0.2) is 0 Å². The van der Waals surface area contributed by atoms with Crippen molar-refractivity contribution in [3.05, 3.63) is 46.2 Å². The molecule has 1 atom stereocenters. The Morgan fingerprint density at radius 2 is 2.26 bits per heavy atom. The van der Waals surface area contributed by atoms with Gasteiger partial charge in [0.2, 0.25) is 0 Å². The summed E-state index contributed by atoms with van der Waals surface area (Å²) in [6.45, 7) is 3.26. The van der Waals surface area contributed by atoms with Crippen LogP contribution >= 0.6 is 11.6 Å². The molecule has 1 N–H and O–H groups in total. The molecule has 1 aliphatic rings. The summed E-state index contributed by atoms with van der Waals surface area (Å²) >= 11 is 6.25. The van der Waals surface area contributed by atoms with Crippen molar-refractivity contribution in [3.8, 4) is 5.75 Å². The van der Waals surface area contributed by atoms with Crippen molar-refractivity contribution in [1.29, 1.82) is 0 Å². The van der Waals surface area contributed by atoms with Gasteiger partial charge < -0.3 is 10.1 Å². The van der Waals surface area contributed by atoms with Crippen LogP contribution in [0.2, 0.25) is 5.02 Å². The number of para-hydroxylation sites is 1. The first-order valence-electron chi connectivity index (χ1n) is 6.30. The molecule has 0 radical (unpaired) electrons. The number of rotatable bonds is 3. The zero-order valence-electron chi connectivity index (χ0n) is 11.0. The predicted octanol–water partition coefficient (Wildman–Crippen LogP) is 2.61. The lowest BCUT2D eigenvalue weighted by Crippen LogP contribution is -2.23. The SMILES string of the molecule is Cc1nn(C)c(CNC2COc3ccccc32)c1Cl. The van der Waals surface area contributed by atoms with Crippen LogP contribution in [0.3, 0.4) is 0 Å². The Bertz CT molecular complexity index is 609. The van der Waals surface area contributed by atoms with E-state index in [2.05, 4.69) is 16.5 Å². The highest BCUT2D eigenvalue weighted by Crippen LogP contribution is 2.32. The van der Waals surface area contributed by atoms with E-state index in [0.29, 0.717) is 13.2 Å². The fourth-order valence-electron chi connectivity index (χ4n) is 2.42. The Morgan fingerprint density at radius 3 is 3.00 bits per heavy atom. The second-order valence-corrected chi connectivity index (χ2v) is 5.13. The molecule has 0 bridgehead atoms. The van der Waals surface area contributed by atoms with Gasteiger partial charge in [0, 0.05) is 19.2 Å². The Kier molecular flexibility index (Phi) is 3.21. The Labute approximate surface area is 117 Å². The Hall–Kier alpha value is -1.52. The molecule has 0 fully saturated rings. The van der Waals surface area contributed by atoms with Gasteiger partial charge in [-0.3, -0.25) is 4.68 Å². The molecule has 0 saturated heterocycles.